The first-order valence-corrected chi connectivity index (χ1v) is 6.13. The summed E-state index contributed by atoms with van der Waals surface area (Å²) >= 11 is 0. The van der Waals surface area contributed by atoms with Crippen molar-refractivity contribution in [3.63, 3.8) is 0 Å². The SMILES string of the molecule is CCC(C)(C(N)c1cc(F)ccc1OC)N(C)C. The molecule has 0 bridgehead atoms. The number of nitrogens with two attached hydrogens (primary N) is 1. The van der Waals surface area contributed by atoms with Gasteiger partial charge in [-0.3, -0.25) is 0 Å². The molecular formula is C14H23FN2O. The molecule has 0 aliphatic carbocycles. The third-order valence-electron chi connectivity index (χ3n) is 3.93. The highest BCUT2D eigenvalue weighted by Gasteiger charge is 2.34. The molecule has 0 fully saturated rings. The van der Waals surface area contributed by atoms with E-state index in [4.69, 9.17) is 10.5 Å². The van der Waals surface area contributed by atoms with Crippen molar-refractivity contribution in [3.8, 4) is 5.75 Å². The standard InChI is InChI=1S/C14H23FN2O/c1-6-14(2,17(3)4)13(16)11-9-10(15)7-8-12(11)18-5/h7-9,13H,6,16H2,1-5H3. The Bertz CT molecular complexity index is 409. The van der Waals surface area contributed by atoms with E-state index in [0.717, 1.165) is 6.42 Å². The van der Waals surface area contributed by atoms with Gasteiger partial charge in [0.2, 0.25) is 0 Å². The summed E-state index contributed by atoms with van der Waals surface area (Å²) in [5.41, 5.74) is 6.80. The Morgan fingerprint density at radius 2 is 2.06 bits per heavy atom. The third kappa shape index (κ3) is 2.65. The fourth-order valence-corrected chi connectivity index (χ4v) is 2.10. The molecule has 1 aromatic rings. The van der Waals surface area contributed by atoms with Gasteiger partial charge in [-0.2, -0.15) is 0 Å². The predicted octanol–water partition coefficient (Wildman–Crippen LogP) is 2.56. The molecule has 102 valence electrons. The van der Waals surface area contributed by atoms with Crippen molar-refractivity contribution in [1.82, 2.24) is 4.90 Å². The molecule has 0 heterocycles. The number of rotatable bonds is 5. The molecular weight excluding hydrogens is 231 g/mol. The zero-order chi connectivity index (χ0) is 13.9. The largest absolute Gasteiger partial charge is 0.496 e. The average Bonchev–Trinajstić information content (AvgIpc) is 2.36. The molecule has 4 heteroatoms. The van der Waals surface area contributed by atoms with Gasteiger partial charge in [-0.15, -0.1) is 0 Å². The second kappa shape index (κ2) is 5.67. The quantitative estimate of drug-likeness (QED) is 0.877. The summed E-state index contributed by atoms with van der Waals surface area (Å²) in [6, 6.07) is 4.15. The number of likely N-dealkylation sites (N-methyl/N-ethyl adjacent to an activating group) is 1. The monoisotopic (exact) mass is 254 g/mol. The van der Waals surface area contributed by atoms with Crippen LogP contribution in [0.4, 0.5) is 4.39 Å². The molecule has 0 saturated carbocycles. The summed E-state index contributed by atoms with van der Waals surface area (Å²) in [6.07, 6.45) is 0.862. The van der Waals surface area contributed by atoms with Crippen molar-refractivity contribution in [3.05, 3.63) is 29.6 Å². The lowest BCUT2D eigenvalue weighted by molar-refractivity contribution is 0.130. The Labute approximate surface area is 109 Å². The van der Waals surface area contributed by atoms with Crippen LogP contribution in [0.1, 0.15) is 31.9 Å². The van der Waals surface area contributed by atoms with Crippen LogP contribution in [0.5, 0.6) is 5.75 Å². The highest BCUT2D eigenvalue weighted by Crippen LogP contribution is 2.35. The highest BCUT2D eigenvalue weighted by atomic mass is 19.1. The molecule has 0 saturated heterocycles. The number of halogens is 1. The van der Waals surface area contributed by atoms with Crippen LogP contribution in [0.3, 0.4) is 0 Å². The molecule has 18 heavy (non-hydrogen) atoms. The van der Waals surface area contributed by atoms with Crippen molar-refractivity contribution in [2.45, 2.75) is 31.8 Å². The molecule has 0 radical (unpaired) electrons. The molecule has 3 nitrogen and oxygen atoms in total. The van der Waals surface area contributed by atoms with Gasteiger partial charge in [-0.1, -0.05) is 6.92 Å². The van der Waals surface area contributed by atoms with Gasteiger partial charge in [0.25, 0.3) is 0 Å². The molecule has 2 atom stereocenters. The summed E-state index contributed by atoms with van der Waals surface area (Å²) in [6.45, 7) is 4.15. The molecule has 0 amide bonds. The second-order valence-corrected chi connectivity index (χ2v) is 4.97. The van der Waals surface area contributed by atoms with Crippen molar-refractivity contribution in [2.75, 3.05) is 21.2 Å². The van der Waals surface area contributed by atoms with E-state index in [9.17, 15) is 4.39 Å². The lowest BCUT2D eigenvalue weighted by Crippen LogP contribution is -2.49. The fourth-order valence-electron chi connectivity index (χ4n) is 2.10. The van der Waals surface area contributed by atoms with Crippen molar-refractivity contribution >= 4 is 0 Å². The Balaban J connectivity index is 3.24. The van der Waals surface area contributed by atoms with Crippen LogP contribution in [0.15, 0.2) is 18.2 Å². The number of hydrogen-bond acceptors (Lipinski definition) is 3. The third-order valence-corrected chi connectivity index (χ3v) is 3.93. The minimum absolute atomic E-state index is 0.249. The molecule has 1 rings (SSSR count). The topological polar surface area (TPSA) is 38.5 Å². The van der Waals surface area contributed by atoms with E-state index >= 15 is 0 Å². The number of hydrogen-bond donors (Lipinski definition) is 1. The minimum Gasteiger partial charge on any atom is -0.496 e. The van der Waals surface area contributed by atoms with E-state index in [2.05, 4.69) is 18.7 Å². The van der Waals surface area contributed by atoms with Gasteiger partial charge in [-0.05, 0) is 45.6 Å². The average molecular weight is 254 g/mol. The van der Waals surface area contributed by atoms with Gasteiger partial charge >= 0.3 is 0 Å². The Morgan fingerprint density at radius 3 is 2.50 bits per heavy atom. The molecule has 2 unspecified atom stereocenters. The summed E-state index contributed by atoms with van der Waals surface area (Å²) in [4.78, 5) is 2.07. The van der Waals surface area contributed by atoms with E-state index in [1.807, 2.05) is 14.1 Å². The van der Waals surface area contributed by atoms with E-state index in [1.54, 1.807) is 13.2 Å². The van der Waals surface area contributed by atoms with Crippen LogP contribution in [0, 0.1) is 5.82 Å². The van der Waals surface area contributed by atoms with Gasteiger partial charge in [-0.25, -0.2) is 4.39 Å². The maximum absolute atomic E-state index is 13.4. The van der Waals surface area contributed by atoms with Gasteiger partial charge in [0, 0.05) is 11.1 Å². The van der Waals surface area contributed by atoms with E-state index in [1.165, 1.54) is 12.1 Å². The van der Waals surface area contributed by atoms with Crippen LogP contribution in [-0.2, 0) is 0 Å². The second-order valence-electron chi connectivity index (χ2n) is 4.97. The van der Waals surface area contributed by atoms with E-state index < -0.39 is 0 Å². The molecule has 1 aromatic carbocycles. The molecule has 0 aliphatic rings. The van der Waals surface area contributed by atoms with Crippen LogP contribution in [0.2, 0.25) is 0 Å². The maximum Gasteiger partial charge on any atom is 0.123 e. The number of benzene rings is 1. The molecule has 2 N–H and O–H groups in total. The lowest BCUT2D eigenvalue weighted by atomic mass is 9.83. The zero-order valence-electron chi connectivity index (χ0n) is 11.8. The summed E-state index contributed by atoms with van der Waals surface area (Å²) in [7, 11) is 5.53. The Hall–Kier alpha value is -1.13. The summed E-state index contributed by atoms with van der Waals surface area (Å²) in [5, 5.41) is 0. The van der Waals surface area contributed by atoms with Gasteiger partial charge < -0.3 is 15.4 Å². The van der Waals surface area contributed by atoms with Crippen LogP contribution in [-0.4, -0.2) is 31.6 Å². The molecule has 0 aromatic heterocycles. The lowest BCUT2D eigenvalue weighted by Gasteiger charge is -2.41. The summed E-state index contributed by atoms with van der Waals surface area (Å²) in [5.74, 6) is 0.337. The molecule has 0 spiro atoms. The Kier molecular flexibility index (Phi) is 4.71. The minimum atomic E-state index is -0.317. The smallest absolute Gasteiger partial charge is 0.123 e. The van der Waals surface area contributed by atoms with E-state index in [0.29, 0.717) is 11.3 Å². The zero-order valence-corrected chi connectivity index (χ0v) is 11.8. The predicted molar refractivity (Wildman–Crippen MR) is 72.3 cm³/mol. The first-order valence-electron chi connectivity index (χ1n) is 6.13. The first-order chi connectivity index (χ1) is 8.36. The van der Waals surface area contributed by atoms with Crippen molar-refractivity contribution in [2.24, 2.45) is 5.73 Å². The maximum atomic E-state index is 13.4. The number of nitrogens with zero attached hydrogens (tertiary/aromatic N) is 1. The highest BCUT2D eigenvalue weighted by molar-refractivity contribution is 5.38. The fraction of sp³-hybridized carbons (Fsp3) is 0.571. The van der Waals surface area contributed by atoms with Crippen molar-refractivity contribution < 1.29 is 9.13 Å². The van der Waals surface area contributed by atoms with E-state index in [-0.39, 0.29) is 17.4 Å². The molecule has 0 aliphatic heterocycles. The first kappa shape index (κ1) is 14.9. The van der Waals surface area contributed by atoms with Crippen LogP contribution in [0.25, 0.3) is 0 Å². The van der Waals surface area contributed by atoms with Gasteiger partial charge in [0.05, 0.1) is 13.2 Å². The number of ether oxygens (including phenoxy) is 1. The Morgan fingerprint density at radius 1 is 1.44 bits per heavy atom. The van der Waals surface area contributed by atoms with Gasteiger partial charge in [0.1, 0.15) is 11.6 Å². The van der Waals surface area contributed by atoms with Crippen LogP contribution < -0.4 is 10.5 Å². The number of methoxy groups -OCH3 is 1. The van der Waals surface area contributed by atoms with Crippen LogP contribution >= 0.6 is 0 Å². The summed E-state index contributed by atoms with van der Waals surface area (Å²) < 4.78 is 18.7. The van der Waals surface area contributed by atoms with Gasteiger partial charge in [0.15, 0.2) is 0 Å². The van der Waals surface area contributed by atoms with Crippen molar-refractivity contribution in [1.29, 1.82) is 0 Å². The normalized spacial score (nSPS) is 16.4.